The van der Waals surface area contributed by atoms with Gasteiger partial charge < -0.3 is 19.5 Å². The SMILES string of the molecule is FC(F)(F)[C@H](Cc1ccncc1)NC[C@@H]1COC2(CCOCC2)O1. The molecule has 3 rings (SSSR count). The predicted molar refractivity (Wildman–Crippen MR) is 79.4 cm³/mol. The minimum absolute atomic E-state index is 0.0951. The number of hydrogen-bond acceptors (Lipinski definition) is 5. The first-order chi connectivity index (χ1) is 11.5. The van der Waals surface area contributed by atoms with Crippen LogP contribution in [0.25, 0.3) is 0 Å². The molecule has 0 unspecified atom stereocenters. The maximum absolute atomic E-state index is 13.3. The summed E-state index contributed by atoms with van der Waals surface area (Å²) in [7, 11) is 0. The van der Waals surface area contributed by atoms with E-state index in [2.05, 4.69) is 10.3 Å². The summed E-state index contributed by atoms with van der Waals surface area (Å²) in [5, 5.41) is 2.59. The number of nitrogens with zero attached hydrogens (tertiary/aromatic N) is 1. The first-order valence-electron chi connectivity index (χ1n) is 8.05. The molecule has 3 heterocycles. The lowest BCUT2D eigenvalue weighted by Gasteiger charge is -2.32. The van der Waals surface area contributed by atoms with Gasteiger partial charge in [-0.15, -0.1) is 0 Å². The lowest BCUT2D eigenvalue weighted by atomic mass is 10.1. The van der Waals surface area contributed by atoms with E-state index >= 15 is 0 Å². The van der Waals surface area contributed by atoms with Crippen LogP contribution in [-0.2, 0) is 20.6 Å². The highest BCUT2D eigenvalue weighted by molar-refractivity contribution is 5.12. The van der Waals surface area contributed by atoms with E-state index < -0.39 is 18.0 Å². The summed E-state index contributed by atoms with van der Waals surface area (Å²) in [5.41, 5.74) is 0.587. The van der Waals surface area contributed by atoms with E-state index in [0.29, 0.717) is 38.2 Å². The molecule has 1 spiro atoms. The zero-order chi connectivity index (χ0) is 17.0. The van der Waals surface area contributed by atoms with Crippen molar-refractivity contribution < 1.29 is 27.4 Å². The Balaban J connectivity index is 1.54. The minimum atomic E-state index is -4.33. The van der Waals surface area contributed by atoms with Crippen molar-refractivity contribution in [1.82, 2.24) is 10.3 Å². The fourth-order valence-corrected chi connectivity index (χ4v) is 2.99. The first kappa shape index (κ1) is 17.6. The number of rotatable bonds is 5. The molecule has 0 bridgehead atoms. The van der Waals surface area contributed by atoms with Crippen molar-refractivity contribution in [2.24, 2.45) is 0 Å². The molecule has 0 aromatic carbocycles. The van der Waals surface area contributed by atoms with Crippen LogP contribution in [0.2, 0.25) is 0 Å². The Morgan fingerprint density at radius 1 is 1.25 bits per heavy atom. The topological polar surface area (TPSA) is 52.6 Å². The molecule has 2 aliphatic rings. The van der Waals surface area contributed by atoms with Crippen LogP contribution in [0.5, 0.6) is 0 Å². The molecular weight excluding hydrogens is 325 g/mol. The second-order valence-corrected chi connectivity index (χ2v) is 6.14. The van der Waals surface area contributed by atoms with Crippen LogP contribution in [0.3, 0.4) is 0 Å². The van der Waals surface area contributed by atoms with Crippen LogP contribution in [0.15, 0.2) is 24.5 Å². The molecule has 24 heavy (non-hydrogen) atoms. The molecule has 1 aromatic heterocycles. The summed E-state index contributed by atoms with van der Waals surface area (Å²) in [6.07, 6.45) is -0.647. The number of hydrogen-bond donors (Lipinski definition) is 1. The quantitative estimate of drug-likeness (QED) is 0.885. The van der Waals surface area contributed by atoms with Crippen molar-refractivity contribution in [1.29, 1.82) is 0 Å². The largest absolute Gasteiger partial charge is 0.404 e. The van der Waals surface area contributed by atoms with Crippen LogP contribution in [-0.4, -0.2) is 55.5 Å². The zero-order valence-corrected chi connectivity index (χ0v) is 13.2. The van der Waals surface area contributed by atoms with Gasteiger partial charge in [0, 0.05) is 31.8 Å². The van der Waals surface area contributed by atoms with E-state index in [1.165, 1.54) is 12.4 Å². The summed E-state index contributed by atoms with van der Waals surface area (Å²) in [6.45, 7) is 1.49. The molecule has 2 fully saturated rings. The van der Waals surface area contributed by atoms with Crippen LogP contribution in [0.4, 0.5) is 13.2 Å². The zero-order valence-electron chi connectivity index (χ0n) is 13.2. The normalized spacial score (nSPS) is 25.0. The van der Waals surface area contributed by atoms with Crippen LogP contribution >= 0.6 is 0 Å². The van der Waals surface area contributed by atoms with Gasteiger partial charge in [0.1, 0.15) is 6.04 Å². The Hall–Kier alpha value is -1.22. The average Bonchev–Trinajstić information content (AvgIpc) is 2.94. The highest BCUT2D eigenvalue weighted by atomic mass is 19.4. The molecule has 0 amide bonds. The summed E-state index contributed by atoms with van der Waals surface area (Å²) < 4.78 is 56.6. The third-order valence-electron chi connectivity index (χ3n) is 4.34. The van der Waals surface area contributed by atoms with E-state index in [9.17, 15) is 13.2 Å². The average molecular weight is 346 g/mol. The van der Waals surface area contributed by atoms with Gasteiger partial charge in [0.2, 0.25) is 0 Å². The Bertz CT molecular complexity index is 521. The summed E-state index contributed by atoms with van der Waals surface area (Å²) in [6, 6.07) is 1.55. The van der Waals surface area contributed by atoms with Gasteiger partial charge in [0.15, 0.2) is 5.79 Å². The van der Waals surface area contributed by atoms with Crippen LogP contribution in [0.1, 0.15) is 18.4 Å². The first-order valence-corrected chi connectivity index (χ1v) is 8.05. The van der Waals surface area contributed by atoms with E-state index in [0.717, 1.165) is 0 Å². The predicted octanol–water partition coefficient (Wildman–Crippen LogP) is 2.07. The summed E-state index contributed by atoms with van der Waals surface area (Å²) in [4.78, 5) is 3.82. The second-order valence-electron chi connectivity index (χ2n) is 6.14. The number of halogens is 3. The summed E-state index contributed by atoms with van der Waals surface area (Å²) >= 11 is 0. The van der Waals surface area contributed by atoms with Gasteiger partial charge in [-0.3, -0.25) is 4.98 Å². The molecule has 0 aliphatic carbocycles. The van der Waals surface area contributed by atoms with Crippen molar-refractivity contribution in [3.05, 3.63) is 30.1 Å². The monoisotopic (exact) mass is 346 g/mol. The molecule has 134 valence electrons. The molecule has 2 atom stereocenters. The van der Waals surface area contributed by atoms with Gasteiger partial charge in [0.05, 0.1) is 25.9 Å². The standard InChI is InChI=1S/C16H21F3N2O3/c17-16(18,19)14(9-12-1-5-20-6-2-12)21-10-13-11-23-15(24-13)3-7-22-8-4-15/h1-2,5-6,13-14,21H,3-4,7-11H2/t13-,14+/m1/s1. The highest BCUT2D eigenvalue weighted by Gasteiger charge is 2.44. The van der Waals surface area contributed by atoms with Crippen LogP contribution < -0.4 is 5.32 Å². The third-order valence-corrected chi connectivity index (χ3v) is 4.34. The van der Waals surface area contributed by atoms with Gasteiger partial charge in [-0.2, -0.15) is 13.2 Å². The summed E-state index contributed by atoms with van der Waals surface area (Å²) in [5.74, 6) is -0.677. The van der Waals surface area contributed by atoms with E-state index in [1.807, 2.05) is 0 Å². The molecule has 1 aromatic rings. The molecule has 8 heteroatoms. The number of ether oxygens (including phenoxy) is 3. The Morgan fingerprint density at radius 2 is 1.96 bits per heavy atom. The fraction of sp³-hybridized carbons (Fsp3) is 0.688. The molecule has 0 radical (unpaired) electrons. The third kappa shape index (κ3) is 4.44. The van der Waals surface area contributed by atoms with E-state index in [-0.39, 0.29) is 19.1 Å². The number of aromatic nitrogens is 1. The Kier molecular flexibility index (Phi) is 5.39. The molecule has 2 aliphatic heterocycles. The lowest BCUT2D eigenvalue weighted by Crippen LogP contribution is -2.47. The Labute approximate surface area is 138 Å². The fourth-order valence-electron chi connectivity index (χ4n) is 2.99. The van der Waals surface area contributed by atoms with Gasteiger partial charge >= 0.3 is 6.18 Å². The highest BCUT2D eigenvalue weighted by Crippen LogP contribution is 2.33. The second kappa shape index (κ2) is 7.35. The van der Waals surface area contributed by atoms with E-state index in [1.54, 1.807) is 12.1 Å². The lowest BCUT2D eigenvalue weighted by molar-refractivity contribution is -0.211. The van der Waals surface area contributed by atoms with Gasteiger partial charge in [0.25, 0.3) is 0 Å². The van der Waals surface area contributed by atoms with Crippen molar-refractivity contribution in [2.75, 3.05) is 26.4 Å². The maximum Gasteiger partial charge on any atom is 0.404 e. The van der Waals surface area contributed by atoms with Gasteiger partial charge in [-0.1, -0.05) is 0 Å². The van der Waals surface area contributed by atoms with Crippen molar-refractivity contribution in [3.8, 4) is 0 Å². The van der Waals surface area contributed by atoms with Crippen molar-refractivity contribution in [2.45, 2.75) is 43.4 Å². The van der Waals surface area contributed by atoms with Gasteiger partial charge in [-0.25, -0.2) is 0 Å². The Morgan fingerprint density at radius 3 is 2.62 bits per heavy atom. The minimum Gasteiger partial charge on any atom is -0.381 e. The molecule has 2 saturated heterocycles. The number of nitrogens with one attached hydrogen (secondary N) is 1. The smallest absolute Gasteiger partial charge is 0.381 e. The maximum atomic E-state index is 13.3. The van der Waals surface area contributed by atoms with Crippen molar-refractivity contribution >= 4 is 0 Å². The van der Waals surface area contributed by atoms with Gasteiger partial charge in [-0.05, 0) is 24.1 Å². The molecule has 1 N–H and O–H groups in total. The number of alkyl halides is 3. The molecule has 0 saturated carbocycles. The number of pyridine rings is 1. The molecule has 5 nitrogen and oxygen atoms in total. The van der Waals surface area contributed by atoms with Crippen molar-refractivity contribution in [3.63, 3.8) is 0 Å². The van der Waals surface area contributed by atoms with E-state index in [4.69, 9.17) is 14.2 Å². The molecular formula is C16H21F3N2O3. The van der Waals surface area contributed by atoms with Crippen LogP contribution in [0, 0.1) is 0 Å².